The average molecular weight is 285 g/mol. The number of carbonyl (C=O) groups excluding carboxylic acids is 1. The Morgan fingerprint density at radius 2 is 2.50 bits per heavy atom. The van der Waals surface area contributed by atoms with Gasteiger partial charge in [-0.15, -0.1) is 0 Å². The van der Waals surface area contributed by atoms with E-state index in [9.17, 15) is 4.79 Å². The molecule has 84 valence electrons. The number of rotatable bonds is 3. The minimum Gasteiger partial charge on any atom is -0.356 e. The molecule has 6 nitrogen and oxygen atoms in total. The van der Waals surface area contributed by atoms with Gasteiger partial charge < -0.3 is 14.8 Å². The molecule has 0 aliphatic heterocycles. The third-order valence-corrected chi connectivity index (χ3v) is 2.33. The Morgan fingerprint density at radius 1 is 1.69 bits per heavy atom. The highest BCUT2D eigenvalue weighted by Gasteiger charge is 2.09. The molecule has 2 heterocycles. The lowest BCUT2D eigenvalue weighted by Crippen LogP contribution is -2.23. The first-order valence-electron chi connectivity index (χ1n) is 4.56. The van der Waals surface area contributed by atoms with Crippen molar-refractivity contribution in [2.45, 2.75) is 13.5 Å². The van der Waals surface area contributed by atoms with Gasteiger partial charge in [-0.2, -0.15) is 4.98 Å². The Kier molecular flexibility index (Phi) is 3.04. The van der Waals surface area contributed by atoms with Gasteiger partial charge in [-0.25, -0.2) is 0 Å². The molecular formula is C9H9BrN4O2. The van der Waals surface area contributed by atoms with E-state index in [4.69, 9.17) is 4.52 Å². The lowest BCUT2D eigenvalue weighted by molar-refractivity contribution is 0.0945. The molecule has 1 amide bonds. The topological polar surface area (TPSA) is 83.8 Å². The maximum Gasteiger partial charge on any atom is 0.268 e. The number of halogens is 1. The molecule has 0 radical (unpaired) electrons. The van der Waals surface area contributed by atoms with Crippen LogP contribution in [-0.2, 0) is 6.54 Å². The minimum absolute atomic E-state index is 0.215. The summed E-state index contributed by atoms with van der Waals surface area (Å²) in [5, 5.41) is 6.33. The third kappa shape index (κ3) is 2.48. The second-order valence-corrected chi connectivity index (χ2v) is 4.06. The number of aryl methyl sites for hydroxylation is 1. The zero-order valence-electron chi connectivity index (χ0n) is 8.45. The van der Waals surface area contributed by atoms with Gasteiger partial charge in [-0.1, -0.05) is 5.16 Å². The lowest BCUT2D eigenvalue weighted by Gasteiger charge is -1.98. The lowest BCUT2D eigenvalue weighted by atomic mass is 10.4. The summed E-state index contributed by atoms with van der Waals surface area (Å²) >= 11 is 3.25. The summed E-state index contributed by atoms with van der Waals surface area (Å²) in [7, 11) is 0. The van der Waals surface area contributed by atoms with E-state index in [1.807, 2.05) is 0 Å². The number of H-pyrrole nitrogens is 1. The van der Waals surface area contributed by atoms with Crippen molar-refractivity contribution in [1.29, 1.82) is 0 Å². The predicted octanol–water partition coefficient (Wildman–Crippen LogP) is 1.40. The van der Waals surface area contributed by atoms with Crippen LogP contribution in [-0.4, -0.2) is 21.0 Å². The number of hydrogen-bond acceptors (Lipinski definition) is 4. The van der Waals surface area contributed by atoms with Crippen LogP contribution in [0.5, 0.6) is 0 Å². The first-order valence-corrected chi connectivity index (χ1v) is 5.36. The van der Waals surface area contributed by atoms with Crippen molar-refractivity contribution in [2.24, 2.45) is 0 Å². The summed E-state index contributed by atoms with van der Waals surface area (Å²) < 4.78 is 5.61. The molecule has 0 aliphatic rings. The Hall–Kier alpha value is -1.63. The van der Waals surface area contributed by atoms with Gasteiger partial charge in [0.25, 0.3) is 5.91 Å². The van der Waals surface area contributed by atoms with Gasteiger partial charge in [0.15, 0.2) is 5.82 Å². The number of amides is 1. The minimum atomic E-state index is -0.215. The molecule has 0 aromatic carbocycles. The zero-order valence-corrected chi connectivity index (χ0v) is 10.0. The van der Waals surface area contributed by atoms with Gasteiger partial charge >= 0.3 is 0 Å². The van der Waals surface area contributed by atoms with E-state index in [2.05, 4.69) is 36.4 Å². The van der Waals surface area contributed by atoms with Crippen LogP contribution in [0.3, 0.4) is 0 Å². The number of hydrogen-bond donors (Lipinski definition) is 2. The maximum absolute atomic E-state index is 11.6. The van der Waals surface area contributed by atoms with E-state index in [1.165, 1.54) is 0 Å². The van der Waals surface area contributed by atoms with Gasteiger partial charge in [0.1, 0.15) is 5.69 Å². The number of nitrogens with one attached hydrogen (secondary N) is 2. The highest BCUT2D eigenvalue weighted by Crippen LogP contribution is 2.10. The molecule has 0 saturated heterocycles. The zero-order chi connectivity index (χ0) is 11.5. The summed E-state index contributed by atoms with van der Waals surface area (Å²) in [5.74, 6) is 0.719. The SMILES string of the molecule is Cc1nc(CNC(=O)c2cc(Br)c[nH]2)no1. The molecule has 0 atom stereocenters. The predicted molar refractivity (Wildman–Crippen MR) is 58.7 cm³/mol. The average Bonchev–Trinajstić information content (AvgIpc) is 2.84. The first-order chi connectivity index (χ1) is 7.65. The normalized spacial score (nSPS) is 10.4. The van der Waals surface area contributed by atoms with Crippen molar-refractivity contribution in [3.05, 3.63) is 34.1 Å². The van der Waals surface area contributed by atoms with Gasteiger partial charge in [-0.05, 0) is 22.0 Å². The molecule has 2 rings (SSSR count). The van der Waals surface area contributed by atoms with Crippen LogP contribution >= 0.6 is 15.9 Å². The molecule has 2 aromatic rings. The van der Waals surface area contributed by atoms with Crippen molar-refractivity contribution in [3.8, 4) is 0 Å². The summed E-state index contributed by atoms with van der Waals surface area (Å²) in [6, 6.07) is 1.69. The van der Waals surface area contributed by atoms with Crippen LogP contribution in [0.4, 0.5) is 0 Å². The fraction of sp³-hybridized carbons (Fsp3) is 0.222. The molecule has 0 aliphatic carbocycles. The summed E-state index contributed by atoms with van der Waals surface area (Å²) in [5.41, 5.74) is 0.479. The second-order valence-electron chi connectivity index (χ2n) is 3.14. The van der Waals surface area contributed by atoms with E-state index in [0.29, 0.717) is 17.4 Å². The third-order valence-electron chi connectivity index (χ3n) is 1.87. The standard InChI is InChI=1S/C9H9BrN4O2/c1-5-13-8(14-16-5)4-12-9(15)7-2-6(10)3-11-7/h2-3,11H,4H2,1H3,(H,12,15). The number of aromatic nitrogens is 3. The van der Waals surface area contributed by atoms with Crippen LogP contribution in [0.25, 0.3) is 0 Å². The first kappa shape index (κ1) is 10.9. The van der Waals surface area contributed by atoms with Gasteiger partial charge in [0.2, 0.25) is 5.89 Å². The highest BCUT2D eigenvalue weighted by molar-refractivity contribution is 9.10. The largest absolute Gasteiger partial charge is 0.356 e. The molecule has 7 heteroatoms. The van der Waals surface area contributed by atoms with Crippen molar-refractivity contribution in [1.82, 2.24) is 20.4 Å². The number of nitrogens with zero attached hydrogens (tertiary/aromatic N) is 2. The van der Waals surface area contributed by atoms with Crippen LogP contribution in [0, 0.1) is 6.92 Å². The smallest absolute Gasteiger partial charge is 0.268 e. The van der Waals surface area contributed by atoms with Gasteiger partial charge in [-0.3, -0.25) is 4.79 Å². The van der Waals surface area contributed by atoms with Crippen LogP contribution in [0.15, 0.2) is 21.3 Å². The summed E-state index contributed by atoms with van der Waals surface area (Å²) in [4.78, 5) is 18.4. The molecule has 0 saturated carbocycles. The van der Waals surface area contributed by atoms with Crippen molar-refractivity contribution < 1.29 is 9.32 Å². The summed E-state index contributed by atoms with van der Waals surface area (Å²) in [6.07, 6.45) is 1.69. The van der Waals surface area contributed by atoms with E-state index >= 15 is 0 Å². The molecule has 2 N–H and O–H groups in total. The number of aromatic amines is 1. The van der Waals surface area contributed by atoms with Crippen molar-refractivity contribution in [2.75, 3.05) is 0 Å². The molecule has 0 spiro atoms. The second kappa shape index (κ2) is 4.48. The van der Waals surface area contributed by atoms with Crippen molar-refractivity contribution >= 4 is 21.8 Å². The summed E-state index contributed by atoms with van der Waals surface area (Å²) in [6.45, 7) is 1.94. The van der Waals surface area contributed by atoms with E-state index in [0.717, 1.165) is 4.47 Å². The maximum atomic E-state index is 11.6. The Labute approximate surface area is 99.6 Å². The molecule has 16 heavy (non-hydrogen) atoms. The van der Waals surface area contributed by atoms with Gasteiger partial charge in [0.05, 0.1) is 6.54 Å². The van der Waals surface area contributed by atoms with Gasteiger partial charge in [0, 0.05) is 17.6 Å². The Bertz CT molecular complexity index is 505. The van der Waals surface area contributed by atoms with Crippen LogP contribution < -0.4 is 5.32 Å². The highest BCUT2D eigenvalue weighted by atomic mass is 79.9. The quantitative estimate of drug-likeness (QED) is 0.892. The van der Waals surface area contributed by atoms with Crippen molar-refractivity contribution in [3.63, 3.8) is 0 Å². The Morgan fingerprint density at radius 3 is 3.06 bits per heavy atom. The molecule has 0 bridgehead atoms. The molecule has 2 aromatic heterocycles. The number of carbonyl (C=O) groups is 1. The van der Waals surface area contributed by atoms with E-state index in [1.54, 1.807) is 19.2 Å². The van der Waals surface area contributed by atoms with E-state index in [-0.39, 0.29) is 12.5 Å². The fourth-order valence-corrected chi connectivity index (χ4v) is 1.51. The van der Waals surface area contributed by atoms with Crippen LogP contribution in [0.2, 0.25) is 0 Å². The molecular weight excluding hydrogens is 276 g/mol. The molecule has 0 unspecified atom stereocenters. The van der Waals surface area contributed by atoms with E-state index < -0.39 is 0 Å². The molecule has 0 fully saturated rings. The fourth-order valence-electron chi connectivity index (χ4n) is 1.17. The monoisotopic (exact) mass is 284 g/mol. The van der Waals surface area contributed by atoms with Crippen LogP contribution in [0.1, 0.15) is 22.2 Å². The Balaban J connectivity index is 1.93.